The van der Waals surface area contributed by atoms with Gasteiger partial charge in [-0.3, -0.25) is 9.69 Å². The Morgan fingerprint density at radius 3 is 2.21 bits per heavy atom. The SMILES string of the molecule is C[C@H](c1ccccc1)N1C[C@H](C)S[C@@H](C(=O)OC(C)(C)C)[C@H]1c1ccccc1. The Kier molecular flexibility index (Phi) is 6.51. The molecule has 1 saturated heterocycles. The number of benzene rings is 2. The van der Waals surface area contributed by atoms with Crippen molar-refractivity contribution in [3.05, 3.63) is 71.8 Å². The van der Waals surface area contributed by atoms with Gasteiger partial charge >= 0.3 is 5.97 Å². The third-order valence-electron chi connectivity index (χ3n) is 5.05. The maximum atomic E-state index is 13.2. The van der Waals surface area contributed by atoms with Crippen LogP contribution < -0.4 is 0 Å². The second-order valence-electron chi connectivity index (χ2n) is 8.54. The number of carbonyl (C=O) groups is 1. The van der Waals surface area contributed by atoms with E-state index in [1.807, 2.05) is 32.9 Å². The van der Waals surface area contributed by atoms with Gasteiger partial charge in [-0.15, -0.1) is 11.8 Å². The van der Waals surface area contributed by atoms with Crippen molar-refractivity contribution in [1.82, 2.24) is 4.90 Å². The highest BCUT2D eigenvalue weighted by Gasteiger charge is 2.44. The van der Waals surface area contributed by atoms with E-state index in [9.17, 15) is 4.79 Å². The van der Waals surface area contributed by atoms with Gasteiger partial charge in [-0.2, -0.15) is 0 Å². The van der Waals surface area contributed by atoms with Gasteiger partial charge in [-0.05, 0) is 38.8 Å². The van der Waals surface area contributed by atoms with Crippen molar-refractivity contribution in [2.75, 3.05) is 6.54 Å². The summed E-state index contributed by atoms with van der Waals surface area (Å²) >= 11 is 1.74. The third-order valence-corrected chi connectivity index (χ3v) is 6.41. The fraction of sp³-hybridized carbons (Fsp3) is 0.458. The van der Waals surface area contributed by atoms with Crippen LogP contribution in [0.3, 0.4) is 0 Å². The summed E-state index contributed by atoms with van der Waals surface area (Å²) in [5, 5.41) is 0.0974. The Morgan fingerprint density at radius 1 is 1.07 bits per heavy atom. The molecule has 0 aromatic heterocycles. The van der Waals surface area contributed by atoms with Crippen LogP contribution >= 0.6 is 11.8 Å². The molecular weight excluding hydrogens is 366 g/mol. The van der Waals surface area contributed by atoms with E-state index in [4.69, 9.17) is 4.74 Å². The van der Waals surface area contributed by atoms with Crippen molar-refractivity contribution in [3.8, 4) is 0 Å². The van der Waals surface area contributed by atoms with Gasteiger partial charge in [0.05, 0.1) is 6.04 Å². The molecule has 1 heterocycles. The molecule has 28 heavy (non-hydrogen) atoms. The molecule has 2 aromatic rings. The Bertz CT molecular complexity index is 772. The molecule has 1 aliphatic heterocycles. The maximum absolute atomic E-state index is 13.2. The highest BCUT2D eigenvalue weighted by molar-refractivity contribution is 8.01. The third kappa shape index (κ3) is 4.98. The summed E-state index contributed by atoms with van der Waals surface area (Å²) in [4.78, 5) is 15.7. The molecule has 0 saturated carbocycles. The monoisotopic (exact) mass is 397 g/mol. The van der Waals surface area contributed by atoms with Gasteiger partial charge in [0.15, 0.2) is 0 Å². The average molecular weight is 398 g/mol. The second kappa shape index (κ2) is 8.71. The lowest BCUT2D eigenvalue weighted by molar-refractivity contribution is -0.156. The molecule has 3 nitrogen and oxygen atoms in total. The van der Waals surface area contributed by atoms with E-state index in [0.717, 1.165) is 6.54 Å². The molecule has 1 fully saturated rings. The fourth-order valence-electron chi connectivity index (χ4n) is 3.83. The lowest BCUT2D eigenvalue weighted by Gasteiger charge is -2.46. The van der Waals surface area contributed by atoms with Crippen LogP contribution in [-0.2, 0) is 9.53 Å². The zero-order valence-electron chi connectivity index (χ0n) is 17.5. The van der Waals surface area contributed by atoms with Gasteiger partial charge < -0.3 is 4.74 Å². The molecule has 0 radical (unpaired) electrons. The molecule has 4 atom stereocenters. The van der Waals surface area contributed by atoms with Crippen LogP contribution in [0.1, 0.15) is 57.8 Å². The molecule has 1 aliphatic rings. The Morgan fingerprint density at radius 2 is 1.64 bits per heavy atom. The first-order valence-corrected chi connectivity index (χ1v) is 10.9. The lowest BCUT2D eigenvalue weighted by atomic mass is 9.96. The van der Waals surface area contributed by atoms with E-state index in [0.29, 0.717) is 5.25 Å². The van der Waals surface area contributed by atoms with Crippen molar-refractivity contribution in [1.29, 1.82) is 0 Å². The van der Waals surface area contributed by atoms with E-state index >= 15 is 0 Å². The van der Waals surface area contributed by atoms with Crippen LogP contribution in [0, 0.1) is 0 Å². The Balaban J connectivity index is 2.00. The van der Waals surface area contributed by atoms with E-state index in [1.165, 1.54) is 11.1 Å². The van der Waals surface area contributed by atoms with Gasteiger partial charge in [0, 0.05) is 17.8 Å². The predicted molar refractivity (Wildman–Crippen MR) is 117 cm³/mol. The second-order valence-corrected chi connectivity index (χ2v) is 10.1. The minimum Gasteiger partial charge on any atom is -0.459 e. The first-order valence-electron chi connectivity index (χ1n) is 10.0. The summed E-state index contributed by atoms with van der Waals surface area (Å²) in [7, 11) is 0. The summed E-state index contributed by atoms with van der Waals surface area (Å²) in [6.45, 7) is 11.2. The zero-order chi connectivity index (χ0) is 20.3. The molecule has 0 N–H and O–H groups in total. The molecule has 0 amide bonds. The number of carbonyl (C=O) groups excluding carboxylic acids is 1. The smallest absolute Gasteiger partial charge is 0.321 e. The van der Waals surface area contributed by atoms with E-state index < -0.39 is 5.60 Å². The summed E-state index contributed by atoms with van der Waals surface area (Å²) in [5.41, 5.74) is 1.95. The standard InChI is InChI=1S/C24H31NO2S/c1-17-16-25(18(2)19-12-8-6-9-13-19)21(20-14-10-7-11-15-20)22(28-17)23(26)27-24(3,4)5/h6-15,17-18,21-22H,16H2,1-5H3/t17-,18+,21+,22+/m0/s1. The molecule has 0 spiro atoms. The Labute approximate surface area is 173 Å². The van der Waals surface area contributed by atoms with Crippen molar-refractivity contribution in [2.24, 2.45) is 0 Å². The number of ether oxygens (including phenoxy) is 1. The molecule has 3 rings (SSSR count). The molecule has 4 heteroatoms. The summed E-state index contributed by atoms with van der Waals surface area (Å²) in [6, 6.07) is 21.1. The first-order chi connectivity index (χ1) is 13.3. The summed E-state index contributed by atoms with van der Waals surface area (Å²) in [5.74, 6) is -0.122. The number of thioether (sulfide) groups is 1. The molecule has 0 aliphatic carbocycles. The maximum Gasteiger partial charge on any atom is 0.321 e. The van der Waals surface area contributed by atoms with Crippen LogP contribution in [-0.4, -0.2) is 33.5 Å². The number of hydrogen-bond donors (Lipinski definition) is 0. The Hall–Kier alpha value is -1.78. The van der Waals surface area contributed by atoms with Crippen LogP contribution in [0.15, 0.2) is 60.7 Å². The van der Waals surface area contributed by atoms with Crippen LogP contribution in [0.4, 0.5) is 0 Å². The predicted octanol–water partition coefficient (Wildman–Crippen LogP) is 5.64. The van der Waals surface area contributed by atoms with Crippen molar-refractivity contribution >= 4 is 17.7 Å². The minimum atomic E-state index is -0.491. The first kappa shape index (κ1) is 20.9. The van der Waals surface area contributed by atoms with Gasteiger partial charge in [-0.1, -0.05) is 67.6 Å². The molecule has 0 bridgehead atoms. The normalized spacial score (nSPS) is 24.5. The number of hydrogen-bond acceptors (Lipinski definition) is 4. The fourth-order valence-corrected chi connectivity index (χ4v) is 5.22. The van der Waals surface area contributed by atoms with Crippen LogP contribution in [0.25, 0.3) is 0 Å². The van der Waals surface area contributed by atoms with Gasteiger partial charge in [0.2, 0.25) is 0 Å². The van der Waals surface area contributed by atoms with Crippen molar-refractivity contribution in [3.63, 3.8) is 0 Å². The average Bonchev–Trinajstić information content (AvgIpc) is 2.66. The van der Waals surface area contributed by atoms with Gasteiger partial charge in [-0.25, -0.2) is 0 Å². The molecular formula is C24H31NO2S. The highest BCUT2D eigenvalue weighted by Crippen LogP contribution is 2.44. The van der Waals surface area contributed by atoms with Crippen molar-refractivity contribution in [2.45, 2.75) is 62.8 Å². The van der Waals surface area contributed by atoms with E-state index in [2.05, 4.69) is 67.3 Å². The number of nitrogens with zero attached hydrogens (tertiary/aromatic N) is 1. The summed E-state index contributed by atoms with van der Waals surface area (Å²) < 4.78 is 5.82. The van der Waals surface area contributed by atoms with E-state index in [-0.39, 0.29) is 23.3 Å². The van der Waals surface area contributed by atoms with Gasteiger partial charge in [0.1, 0.15) is 10.9 Å². The molecule has 2 aromatic carbocycles. The van der Waals surface area contributed by atoms with Crippen molar-refractivity contribution < 1.29 is 9.53 Å². The zero-order valence-corrected chi connectivity index (χ0v) is 18.3. The topological polar surface area (TPSA) is 29.5 Å². The molecule has 150 valence electrons. The summed E-state index contributed by atoms with van der Waals surface area (Å²) in [6.07, 6.45) is 0. The van der Waals surface area contributed by atoms with E-state index in [1.54, 1.807) is 11.8 Å². The van der Waals surface area contributed by atoms with Gasteiger partial charge in [0.25, 0.3) is 0 Å². The largest absolute Gasteiger partial charge is 0.459 e. The van der Waals surface area contributed by atoms with Crippen LogP contribution in [0.5, 0.6) is 0 Å². The highest BCUT2D eigenvalue weighted by atomic mass is 32.2. The molecule has 0 unspecified atom stereocenters. The minimum absolute atomic E-state index is 0.0209. The lowest BCUT2D eigenvalue weighted by Crippen LogP contribution is -2.49. The number of esters is 1. The quantitative estimate of drug-likeness (QED) is 0.625. The van der Waals surface area contributed by atoms with Crippen LogP contribution in [0.2, 0.25) is 0 Å². The number of rotatable bonds is 4.